The van der Waals surface area contributed by atoms with Crippen LogP contribution in [0.3, 0.4) is 0 Å². The lowest BCUT2D eigenvalue weighted by atomic mass is 9.78. The average Bonchev–Trinajstić information content (AvgIpc) is 2.46. The van der Waals surface area contributed by atoms with Crippen LogP contribution in [0.4, 0.5) is 4.79 Å². The van der Waals surface area contributed by atoms with Gasteiger partial charge in [0.25, 0.3) is 0 Å². The normalized spacial score (nSPS) is 28.2. The van der Waals surface area contributed by atoms with Gasteiger partial charge in [-0.15, -0.1) is 0 Å². The van der Waals surface area contributed by atoms with Gasteiger partial charge < -0.3 is 15.2 Å². The van der Waals surface area contributed by atoms with Gasteiger partial charge >= 0.3 is 6.09 Å². The van der Waals surface area contributed by atoms with E-state index in [1.165, 1.54) is 25.5 Å². The number of azo groups is 1. The topological polar surface area (TPSA) is 83.3 Å². The molecule has 1 heterocycles. The minimum atomic E-state index is -0.514. The smallest absolute Gasteiger partial charge is 0.407 e. The Balaban J connectivity index is 2.28. The molecule has 0 bridgehead atoms. The van der Waals surface area contributed by atoms with E-state index in [2.05, 4.69) is 15.5 Å². The van der Waals surface area contributed by atoms with Crippen LogP contribution in [0.2, 0.25) is 0 Å². The number of fused-ring (bicyclic) bond motifs is 1. The molecule has 4 unspecified atom stereocenters. The number of rotatable bonds is 3. The van der Waals surface area contributed by atoms with Gasteiger partial charge in [-0.05, 0) is 38.7 Å². The Morgan fingerprint density at radius 2 is 2.05 bits per heavy atom. The Kier molecular flexibility index (Phi) is 5.94. The first-order valence-corrected chi connectivity index (χ1v) is 8.24. The fourth-order valence-electron chi connectivity index (χ4n) is 3.41. The number of aliphatic hydroxyl groups excluding tert-OH is 1. The summed E-state index contributed by atoms with van der Waals surface area (Å²) in [6.45, 7) is 3.60. The highest BCUT2D eigenvalue weighted by molar-refractivity contribution is 5.67. The van der Waals surface area contributed by atoms with Crippen LogP contribution in [0, 0.1) is 5.92 Å². The van der Waals surface area contributed by atoms with Gasteiger partial charge in [0.15, 0.2) is 0 Å². The Labute approximate surface area is 132 Å². The second kappa shape index (κ2) is 7.72. The molecule has 0 spiro atoms. The van der Waals surface area contributed by atoms with Crippen molar-refractivity contribution in [2.45, 2.75) is 70.6 Å². The molecule has 1 saturated carbocycles. The Hall–Kier alpha value is -1.43. The van der Waals surface area contributed by atoms with E-state index in [9.17, 15) is 9.90 Å². The van der Waals surface area contributed by atoms with Gasteiger partial charge in [0.2, 0.25) is 0 Å². The zero-order valence-corrected chi connectivity index (χ0v) is 13.7. The fraction of sp³-hybridized carbons (Fsp3) is 0.812. The number of ether oxygens (including phenoxy) is 1. The van der Waals surface area contributed by atoms with Crippen molar-refractivity contribution in [3.63, 3.8) is 0 Å². The second-order valence-electron chi connectivity index (χ2n) is 6.21. The van der Waals surface area contributed by atoms with Crippen LogP contribution >= 0.6 is 0 Å². The highest BCUT2D eigenvalue weighted by Crippen LogP contribution is 2.39. The van der Waals surface area contributed by atoms with Crippen molar-refractivity contribution in [1.29, 1.82) is 0 Å². The molecule has 6 nitrogen and oxygen atoms in total. The summed E-state index contributed by atoms with van der Waals surface area (Å²) in [5, 5.41) is 21.1. The first-order valence-electron chi connectivity index (χ1n) is 8.24. The number of alkyl carbamates (subject to hydrolysis) is 1. The van der Waals surface area contributed by atoms with E-state index in [1.807, 2.05) is 6.92 Å². The molecule has 124 valence electrons. The summed E-state index contributed by atoms with van der Waals surface area (Å²) in [7, 11) is 1.54. The van der Waals surface area contributed by atoms with Gasteiger partial charge in [-0.25, -0.2) is 4.79 Å². The van der Waals surface area contributed by atoms with Gasteiger partial charge in [0, 0.05) is 13.0 Å². The first-order chi connectivity index (χ1) is 10.5. The Morgan fingerprint density at radius 1 is 1.32 bits per heavy atom. The molecule has 1 amide bonds. The maximum atomic E-state index is 11.5. The number of carbonyl (C=O) groups is 1. The van der Waals surface area contributed by atoms with Gasteiger partial charge in [0.05, 0.1) is 6.10 Å². The number of carbonyl (C=O) groups excluding carboxylic acids is 1. The first kappa shape index (κ1) is 16.9. The number of amides is 1. The van der Waals surface area contributed by atoms with E-state index in [-0.39, 0.29) is 12.0 Å². The summed E-state index contributed by atoms with van der Waals surface area (Å²) in [4.78, 5) is 11.5. The molecular weight excluding hydrogens is 282 g/mol. The average molecular weight is 309 g/mol. The zero-order chi connectivity index (χ0) is 16.1. The van der Waals surface area contributed by atoms with Crippen LogP contribution in [0.5, 0.6) is 0 Å². The maximum Gasteiger partial charge on any atom is 0.407 e. The fourth-order valence-corrected chi connectivity index (χ4v) is 3.41. The number of nitrogens with zero attached hydrogens (tertiary/aromatic N) is 2. The summed E-state index contributed by atoms with van der Waals surface area (Å²) in [5.41, 5.74) is 1.99. The molecule has 0 aromatic heterocycles. The molecule has 4 atom stereocenters. The monoisotopic (exact) mass is 309 g/mol. The molecule has 1 aliphatic carbocycles. The lowest BCUT2D eigenvalue weighted by Gasteiger charge is -2.34. The number of hydrogen-bond donors (Lipinski definition) is 2. The largest absolute Gasteiger partial charge is 0.440 e. The number of aliphatic hydroxyl groups is 1. The molecule has 0 saturated heterocycles. The van der Waals surface area contributed by atoms with Crippen molar-refractivity contribution < 1.29 is 14.6 Å². The maximum absolute atomic E-state index is 11.5. The van der Waals surface area contributed by atoms with E-state index in [0.717, 1.165) is 31.4 Å². The van der Waals surface area contributed by atoms with E-state index < -0.39 is 18.3 Å². The van der Waals surface area contributed by atoms with Crippen molar-refractivity contribution in [1.82, 2.24) is 5.32 Å². The molecule has 0 radical (unpaired) electrons. The summed E-state index contributed by atoms with van der Waals surface area (Å²) >= 11 is 0. The quantitative estimate of drug-likeness (QED) is 0.840. The molecule has 6 heteroatoms. The Bertz CT molecular complexity index is 460. The summed E-state index contributed by atoms with van der Waals surface area (Å²) in [6, 6.07) is -0.177. The van der Waals surface area contributed by atoms with Crippen molar-refractivity contribution in [2.24, 2.45) is 16.1 Å². The van der Waals surface area contributed by atoms with Crippen LogP contribution in [0.25, 0.3) is 0 Å². The van der Waals surface area contributed by atoms with Crippen molar-refractivity contribution in [2.75, 3.05) is 7.05 Å². The lowest BCUT2D eigenvalue weighted by Crippen LogP contribution is -2.36. The van der Waals surface area contributed by atoms with Gasteiger partial charge in [0.1, 0.15) is 17.8 Å². The number of hydrogen-bond acceptors (Lipinski definition) is 5. The molecule has 0 aromatic carbocycles. The highest BCUT2D eigenvalue weighted by Gasteiger charge is 2.35. The van der Waals surface area contributed by atoms with Gasteiger partial charge in [-0.2, -0.15) is 10.2 Å². The third-order valence-corrected chi connectivity index (χ3v) is 4.57. The second-order valence-corrected chi connectivity index (χ2v) is 6.21. The summed E-state index contributed by atoms with van der Waals surface area (Å²) in [6.07, 6.45) is 5.27. The highest BCUT2D eigenvalue weighted by atomic mass is 16.6. The molecule has 22 heavy (non-hydrogen) atoms. The zero-order valence-electron chi connectivity index (χ0n) is 13.7. The molecule has 1 aliphatic heterocycles. The summed E-state index contributed by atoms with van der Waals surface area (Å²) in [5.74, 6) is 0.212. The minimum absolute atomic E-state index is 0.177. The van der Waals surface area contributed by atoms with Crippen molar-refractivity contribution >= 4 is 6.09 Å². The molecular formula is C16H27N3O3. The van der Waals surface area contributed by atoms with Crippen LogP contribution in [0.1, 0.15) is 52.4 Å². The van der Waals surface area contributed by atoms with Crippen LogP contribution < -0.4 is 5.32 Å². The summed E-state index contributed by atoms with van der Waals surface area (Å²) < 4.78 is 5.33. The predicted molar refractivity (Wildman–Crippen MR) is 83.5 cm³/mol. The molecule has 2 aliphatic rings. The van der Waals surface area contributed by atoms with Crippen LogP contribution in [-0.2, 0) is 4.74 Å². The van der Waals surface area contributed by atoms with Crippen LogP contribution in [0.15, 0.2) is 21.5 Å². The molecule has 0 aromatic rings. The van der Waals surface area contributed by atoms with Crippen LogP contribution in [-0.4, -0.2) is 36.5 Å². The molecule has 2 rings (SSSR count). The SMILES string of the molecule is CNC(=O)OC(C)C1=C2CCCCCCC2C(C(C)O)N=N1. The standard InChI is InChI=1S/C16H27N3O3/c1-10(20)14-12-8-6-4-5-7-9-13(12)15(19-18-14)11(2)22-16(21)17-3/h10-12,14,20H,4-9H2,1-3H3,(H,17,21). The van der Waals surface area contributed by atoms with E-state index >= 15 is 0 Å². The third-order valence-electron chi connectivity index (χ3n) is 4.57. The Morgan fingerprint density at radius 3 is 2.73 bits per heavy atom. The van der Waals surface area contributed by atoms with Gasteiger partial charge in [-0.3, -0.25) is 0 Å². The van der Waals surface area contributed by atoms with Crippen molar-refractivity contribution in [3.05, 3.63) is 11.3 Å². The van der Waals surface area contributed by atoms with E-state index in [4.69, 9.17) is 4.74 Å². The minimum Gasteiger partial charge on any atom is -0.440 e. The number of nitrogens with one attached hydrogen (secondary N) is 1. The molecule has 1 fully saturated rings. The third kappa shape index (κ3) is 3.85. The van der Waals surface area contributed by atoms with E-state index in [1.54, 1.807) is 6.92 Å². The van der Waals surface area contributed by atoms with Gasteiger partial charge in [-0.1, -0.05) is 19.3 Å². The molecule has 2 N–H and O–H groups in total. The predicted octanol–water partition coefficient (Wildman–Crippen LogP) is 3.17. The van der Waals surface area contributed by atoms with Crippen molar-refractivity contribution in [3.8, 4) is 0 Å². The van der Waals surface area contributed by atoms with E-state index in [0.29, 0.717) is 0 Å². The lowest BCUT2D eigenvalue weighted by molar-refractivity contribution is 0.112.